The molecule has 0 bridgehead atoms. The zero-order valence-electron chi connectivity index (χ0n) is 17.3. The van der Waals surface area contributed by atoms with Crippen LogP contribution >= 0.6 is 0 Å². The number of phenolic OH excluding ortho intramolecular Hbond substituents is 1. The second kappa shape index (κ2) is 8.49. The lowest BCUT2D eigenvalue weighted by molar-refractivity contribution is 0.144. The van der Waals surface area contributed by atoms with E-state index in [0.717, 1.165) is 10.8 Å². The van der Waals surface area contributed by atoms with Crippen molar-refractivity contribution in [1.82, 2.24) is 5.32 Å². The number of ether oxygens (including phenoxy) is 1. The van der Waals surface area contributed by atoms with Gasteiger partial charge in [-0.05, 0) is 33.7 Å². The Labute approximate surface area is 186 Å². The molecule has 4 heteroatoms. The molecule has 4 aromatic rings. The van der Waals surface area contributed by atoms with Crippen LogP contribution in [0.3, 0.4) is 0 Å². The van der Waals surface area contributed by atoms with E-state index in [-0.39, 0.29) is 24.8 Å². The molecule has 2 N–H and O–H groups in total. The summed E-state index contributed by atoms with van der Waals surface area (Å²) in [5.74, 6) is 6.01. The van der Waals surface area contributed by atoms with Gasteiger partial charge in [0.25, 0.3) is 0 Å². The lowest BCUT2D eigenvalue weighted by Crippen LogP contribution is -2.26. The number of hydrogen-bond acceptors (Lipinski definition) is 3. The summed E-state index contributed by atoms with van der Waals surface area (Å²) in [5.41, 5.74) is 5.29. The highest BCUT2D eigenvalue weighted by atomic mass is 16.5. The van der Waals surface area contributed by atoms with E-state index in [1.54, 1.807) is 6.07 Å². The minimum atomic E-state index is -0.511. The van der Waals surface area contributed by atoms with E-state index in [9.17, 15) is 9.90 Å². The van der Waals surface area contributed by atoms with Crippen LogP contribution in [-0.4, -0.2) is 24.4 Å². The number of rotatable bonds is 3. The highest BCUT2D eigenvalue weighted by Crippen LogP contribution is 2.44. The van der Waals surface area contributed by atoms with Gasteiger partial charge in [-0.1, -0.05) is 90.7 Å². The molecule has 1 amide bonds. The fraction of sp³-hybridized carbons (Fsp3) is 0.107. The molecule has 1 aliphatic carbocycles. The monoisotopic (exact) mass is 419 g/mol. The SMILES string of the molecule is O=C(NCC#Cc1c(O)ccc2ccccc12)OCC1c2ccccc2-c2ccccc21. The van der Waals surface area contributed by atoms with Gasteiger partial charge in [0.1, 0.15) is 12.4 Å². The molecule has 0 saturated heterocycles. The van der Waals surface area contributed by atoms with Gasteiger partial charge in [-0.2, -0.15) is 0 Å². The predicted octanol–water partition coefficient (Wildman–Crippen LogP) is 5.44. The Balaban J connectivity index is 1.23. The van der Waals surface area contributed by atoms with E-state index in [1.807, 2.05) is 54.6 Å². The number of benzene rings is 4. The number of aromatic hydroxyl groups is 1. The maximum atomic E-state index is 12.3. The largest absolute Gasteiger partial charge is 0.507 e. The fourth-order valence-corrected chi connectivity index (χ4v) is 4.29. The molecule has 0 spiro atoms. The average molecular weight is 419 g/mol. The van der Waals surface area contributed by atoms with Gasteiger partial charge in [0.15, 0.2) is 0 Å². The fourth-order valence-electron chi connectivity index (χ4n) is 4.29. The molecule has 5 rings (SSSR count). The molecule has 0 aliphatic heterocycles. The van der Waals surface area contributed by atoms with Crippen molar-refractivity contribution in [1.29, 1.82) is 0 Å². The van der Waals surface area contributed by atoms with E-state index in [4.69, 9.17) is 4.74 Å². The molecular formula is C28H21NO3. The van der Waals surface area contributed by atoms with Crippen molar-refractivity contribution < 1.29 is 14.6 Å². The Morgan fingerprint density at radius 2 is 1.53 bits per heavy atom. The molecular weight excluding hydrogens is 398 g/mol. The van der Waals surface area contributed by atoms with E-state index in [1.165, 1.54) is 22.3 Å². The van der Waals surface area contributed by atoms with E-state index < -0.39 is 6.09 Å². The van der Waals surface area contributed by atoms with Gasteiger partial charge in [0.2, 0.25) is 0 Å². The average Bonchev–Trinajstić information content (AvgIpc) is 3.15. The molecule has 4 nitrogen and oxygen atoms in total. The highest BCUT2D eigenvalue weighted by molar-refractivity contribution is 5.90. The van der Waals surface area contributed by atoms with Crippen LogP contribution in [0.15, 0.2) is 84.9 Å². The van der Waals surface area contributed by atoms with Crippen LogP contribution in [-0.2, 0) is 4.74 Å². The third kappa shape index (κ3) is 3.66. The second-order valence-corrected chi connectivity index (χ2v) is 7.66. The summed E-state index contributed by atoms with van der Waals surface area (Å²) in [7, 11) is 0. The van der Waals surface area contributed by atoms with Gasteiger partial charge in [-0.3, -0.25) is 0 Å². The Bertz CT molecular complexity index is 1330. The third-order valence-electron chi connectivity index (χ3n) is 5.79. The number of hydrogen-bond donors (Lipinski definition) is 2. The van der Waals surface area contributed by atoms with Crippen molar-refractivity contribution in [2.45, 2.75) is 5.92 Å². The number of nitrogens with one attached hydrogen (secondary N) is 1. The molecule has 0 fully saturated rings. The Hall–Kier alpha value is -4.23. The molecule has 0 heterocycles. The lowest BCUT2D eigenvalue weighted by atomic mass is 9.98. The van der Waals surface area contributed by atoms with E-state index in [2.05, 4.69) is 41.4 Å². The maximum absolute atomic E-state index is 12.3. The van der Waals surface area contributed by atoms with Crippen LogP contribution in [0.25, 0.3) is 21.9 Å². The molecule has 1 aliphatic rings. The Morgan fingerprint density at radius 3 is 2.28 bits per heavy atom. The van der Waals surface area contributed by atoms with Crippen LogP contribution < -0.4 is 5.32 Å². The second-order valence-electron chi connectivity index (χ2n) is 7.66. The minimum Gasteiger partial charge on any atom is -0.507 e. The van der Waals surface area contributed by atoms with Crippen LogP contribution in [0.4, 0.5) is 4.79 Å². The number of fused-ring (bicyclic) bond motifs is 4. The smallest absolute Gasteiger partial charge is 0.407 e. The van der Waals surface area contributed by atoms with Crippen molar-refractivity contribution in [3.05, 3.63) is 102 Å². The van der Waals surface area contributed by atoms with Crippen molar-refractivity contribution in [3.8, 4) is 28.7 Å². The van der Waals surface area contributed by atoms with Gasteiger partial charge < -0.3 is 15.2 Å². The number of phenols is 1. The molecule has 0 atom stereocenters. The third-order valence-corrected chi connectivity index (χ3v) is 5.79. The van der Waals surface area contributed by atoms with Gasteiger partial charge in [-0.15, -0.1) is 0 Å². The minimum absolute atomic E-state index is 0.0202. The molecule has 0 radical (unpaired) electrons. The quantitative estimate of drug-likeness (QED) is 0.435. The van der Waals surface area contributed by atoms with Crippen molar-refractivity contribution in [3.63, 3.8) is 0 Å². The maximum Gasteiger partial charge on any atom is 0.407 e. The van der Waals surface area contributed by atoms with Crippen LogP contribution in [0.2, 0.25) is 0 Å². The van der Waals surface area contributed by atoms with Crippen molar-refractivity contribution in [2.24, 2.45) is 0 Å². The summed E-state index contributed by atoms with van der Waals surface area (Å²) in [4.78, 5) is 12.3. The summed E-state index contributed by atoms with van der Waals surface area (Å²) in [6.07, 6.45) is -0.511. The number of alkyl carbamates (subject to hydrolysis) is 1. The first kappa shape index (κ1) is 19.7. The molecule has 0 aromatic heterocycles. The van der Waals surface area contributed by atoms with Crippen LogP contribution in [0.1, 0.15) is 22.6 Å². The van der Waals surface area contributed by atoms with Gasteiger partial charge in [0.05, 0.1) is 12.1 Å². The first-order chi connectivity index (χ1) is 15.7. The van der Waals surface area contributed by atoms with E-state index >= 15 is 0 Å². The molecule has 156 valence electrons. The zero-order valence-corrected chi connectivity index (χ0v) is 17.3. The predicted molar refractivity (Wildman–Crippen MR) is 126 cm³/mol. The first-order valence-corrected chi connectivity index (χ1v) is 10.5. The summed E-state index contributed by atoms with van der Waals surface area (Å²) < 4.78 is 5.52. The van der Waals surface area contributed by atoms with Gasteiger partial charge >= 0.3 is 6.09 Å². The van der Waals surface area contributed by atoms with Crippen LogP contribution in [0.5, 0.6) is 5.75 Å². The van der Waals surface area contributed by atoms with Crippen molar-refractivity contribution in [2.75, 3.05) is 13.2 Å². The van der Waals surface area contributed by atoms with E-state index in [0.29, 0.717) is 5.56 Å². The van der Waals surface area contributed by atoms with Gasteiger partial charge in [0, 0.05) is 11.3 Å². The molecule has 0 unspecified atom stereocenters. The molecule has 32 heavy (non-hydrogen) atoms. The lowest BCUT2D eigenvalue weighted by Gasteiger charge is -2.14. The highest BCUT2D eigenvalue weighted by Gasteiger charge is 2.28. The summed E-state index contributed by atoms with van der Waals surface area (Å²) in [6.45, 7) is 0.386. The number of carbonyl (C=O) groups excluding carboxylic acids is 1. The Kier molecular flexibility index (Phi) is 5.23. The standard InChI is InChI=1S/C28H21NO3/c30-27-16-15-19-8-1-2-9-20(19)25(27)14-7-17-29-28(31)32-18-26-23-12-5-3-10-21(23)22-11-4-6-13-24(22)26/h1-6,8-13,15-16,26,30H,17-18H2,(H,29,31). The zero-order chi connectivity index (χ0) is 21.9. The molecule has 0 saturated carbocycles. The summed E-state index contributed by atoms with van der Waals surface area (Å²) >= 11 is 0. The number of amides is 1. The van der Waals surface area contributed by atoms with Crippen molar-refractivity contribution >= 4 is 16.9 Å². The summed E-state index contributed by atoms with van der Waals surface area (Å²) in [5, 5.41) is 14.7. The number of carbonyl (C=O) groups is 1. The topological polar surface area (TPSA) is 58.6 Å². The summed E-state index contributed by atoms with van der Waals surface area (Å²) in [6, 6.07) is 27.7. The first-order valence-electron chi connectivity index (χ1n) is 10.5. The molecule has 4 aromatic carbocycles. The van der Waals surface area contributed by atoms with Crippen LogP contribution in [0, 0.1) is 11.8 Å². The Morgan fingerprint density at radius 1 is 0.875 bits per heavy atom. The van der Waals surface area contributed by atoms with Gasteiger partial charge in [-0.25, -0.2) is 4.79 Å². The normalized spacial score (nSPS) is 11.9.